The Hall–Kier alpha value is -0.0200. The van der Waals surface area contributed by atoms with Crippen molar-refractivity contribution in [1.82, 2.24) is 0 Å². The second-order valence-corrected chi connectivity index (χ2v) is 5.06. The van der Waals surface area contributed by atoms with Crippen LogP contribution in [0.4, 0.5) is 0 Å². The number of nitrogens with two attached hydrogens (primary N) is 1. The Balaban J connectivity index is 3.73. The molecule has 2 N–H and O–H groups in total. The molecule has 0 heterocycles. The predicted octanol–water partition coefficient (Wildman–Crippen LogP) is 2.95. The molecule has 2 atom stereocenters. The van der Waals surface area contributed by atoms with E-state index in [2.05, 4.69) is 13.8 Å². The maximum atomic E-state index is 11.4. The van der Waals surface area contributed by atoms with Crippen molar-refractivity contribution in [3.05, 3.63) is 0 Å². The summed E-state index contributed by atoms with van der Waals surface area (Å²) in [5.41, 5.74) is 5.52. The molecular weight excluding hydrogens is 194 g/mol. The average molecular weight is 217 g/mol. The van der Waals surface area contributed by atoms with Gasteiger partial charge in [0.05, 0.1) is 6.04 Å². The van der Waals surface area contributed by atoms with E-state index in [0.717, 1.165) is 12.8 Å². The third kappa shape index (κ3) is 6.44. The molecule has 3 heteroatoms. The monoisotopic (exact) mass is 217 g/mol. The highest BCUT2D eigenvalue weighted by molar-refractivity contribution is 8.14. The molecule has 84 valence electrons. The molecule has 2 nitrogen and oxygen atoms in total. The van der Waals surface area contributed by atoms with Crippen molar-refractivity contribution < 1.29 is 4.79 Å². The third-order valence-corrected chi connectivity index (χ3v) is 3.75. The van der Waals surface area contributed by atoms with Crippen molar-refractivity contribution >= 4 is 16.9 Å². The summed E-state index contributed by atoms with van der Waals surface area (Å²) in [5, 5.41) is 0.605. The molecule has 0 aromatic carbocycles. The molecule has 0 aliphatic rings. The highest BCUT2D eigenvalue weighted by atomic mass is 32.2. The Morgan fingerprint density at radius 1 is 1.36 bits per heavy atom. The summed E-state index contributed by atoms with van der Waals surface area (Å²) in [6.07, 6.45) is 5.94. The lowest BCUT2D eigenvalue weighted by Gasteiger charge is -2.14. The molecule has 0 fully saturated rings. The van der Waals surface area contributed by atoms with Crippen LogP contribution in [0.1, 0.15) is 52.9 Å². The third-order valence-electron chi connectivity index (χ3n) is 2.24. The van der Waals surface area contributed by atoms with Crippen LogP contribution in [0, 0.1) is 0 Å². The van der Waals surface area contributed by atoms with Gasteiger partial charge in [-0.1, -0.05) is 44.9 Å². The van der Waals surface area contributed by atoms with E-state index in [1.165, 1.54) is 31.0 Å². The number of hydrogen-bond acceptors (Lipinski definition) is 3. The lowest BCUT2D eigenvalue weighted by Crippen LogP contribution is -2.25. The molecule has 0 aliphatic carbocycles. The van der Waals surface area contributed by atoms with Crippen LogP contribution in [-0.2, 0) is 4.79 Å². The summed E-state index contributed by atoms with van der Waals surface area (Å²) in [5.74, 6) is 0. The summed E-state index contributed by atoms with van der Waals surface area (Å²) < 4.78 is 0. The van der Waals surface area contributed by atoms with E-state index in [-0.39, 0.29) is 11.2 Å². The van der Waals surface area contributed by atoms with E-state index in [0.29, 0.717) is 5.25 Å². The van der Waals surface area contributed by atoms with Gasteiger partial charge < -0.3 is 5.73 Å². The number of unbranched alkanes of at least 4 members (excludes halogenated alkanes) is 2. The maximum Gasteiger partial charge on any atom is 0.205 e. The zero-order valence-electron chi connectivity index (χ0n) is 9.58. The van der Waals surface area contributed by atoms with Gasteiger partial charge in [0.15, 0.2) is 0 Å². The number of carbonyl (C=O) groups excluding carboxylic acids is 1. The highest BCUT2D eigenvalue weighted by Gasteiger charge is 2.15. The van der Waals surface area contributed by atoms with Crippen LogP contribution in [0.5, 0.6) is 0 Å². The van der Waals surface area contributed by atoms with Gasteiger partial charge >= 0.3 is 0 Å². The minimum atomic E-state index is -0.319. The fraction of sp³-hybridized carbons (Fsp3) is 0.909. The topological polar surface area (TPSA) is 43.1 Å². The molecule has 0 radical (unpaired) electrons. The van der Waals surface area contributed by atoms with Crippen molar-refractivity contribution in [1.29, 1.82) is 0 Å². The number of carbonyl (C=O) groups is 1. The summed E-state index contributed by atoms with van der Waals surface area (Å²) in [4.78, 5) is 11.4. The van der Waals surface area contributed by atoms with Gasteiger partial charge in [-0.3, -0.25) is 4.79 Å². The second-order valence-electron chi connectivity index (χ2n) is 3.75. The molecule has 0 aromatic heterocycles. The highest BCUT2D eigenvalue weighted by Crippen LogP contribution is 2.22. The van der Waals surface area contributed by atoms with Crippen LogP contribution in [0.3, 0.4) is 0 Å². The molecule has 0 saturated carbocycles. The minimum Gasteiger partial charge on any atom is -0.321 e. The van der Waals surface area contributed by atoms with Gasteiger partial charge in [0.2, 0.25) is 5.12 Å². The lowest BCUT2D eigenvalue weighted by molar-refractivity contribution is -0.111. The van der Waals surface area contributed by atoms with Gasteiger partial charge in [0.25, 0.3) is 0 Å². The van der Waals surface area contributed by atoms with Crippen LogP contribution in [0.15, 0.2) is 0 Å². The Bertz CT molecular complexity index is 159. The van der Waals surface area contributed by atoms with E-state index >= 15 is 0 Å². The first-order chi connectivity index (χ1) is 6.61. The van der Waals surface area contributed by atoms with Crippen LogP contribution >= 0.6 is 11.8 Å². The van der Waals surface area contributed by atoms with E-state index in [4.69, 9.17) is 5.73 Å². The predicted molar refractivity (Wildman–Crippen MR) is 64.5 cm³/mol. The Labute approximate surface area is 92.0 Å². The molecule has 0 rings (SSSR count). The number of hydrogen-bond donors (Lipinski definition) is 1. The van der Waals surface area contributed by atoms with Gasteiger partial charge in [0.1, 0.15) is 0 Å². The Kier molecular flexibility index (Phi) is 8.29. The quantitative estimate of drug-likeness (QED) is 0.667. The van der Waals surface area contributed by atoms with Crippen LogP contribution < -0.4 is 5.73 Å². The second kappa shape index (κ2) is 8.30. The first-order valence-electron chi connectivity index (χ1n) is 5.57. The van der Waals surface area contributed by atoms with Gasteiger partial charge in [-0.15, -0.1) is 0 Å². The molecule has 14 heavy (non-hydrogen) atoms. The van der Waals surface area contributed by atoms with Crippen molar-refractivity contribution in [3.8, 4) is 0 Å². The molecule has 0 spiro atoms. The van der Waals surface area contributed by atoms with Crippen molar-refractivity contribution in [2.45, 2.75) is 64.2 Å². The standard InChI is InChI=1S/C11H23NOS/c1-4-6-7-8-10(5-2)14-11(13)9(3)12/h9-10H,4-8,12H2,1-3H3/t9-,10?/m0/s1. The number of thioether (sulfide) groups is 1. The smallest absolute Gasteiger partial charge is 0.205 e. The molecule has 0 aromatic rings. The van der Waals surface area contributed by atoms with Gasteiger partial charge in [0, 0.05) is 5.25 Å². The Morgan fingerprint density at radius 3 is 2.43 bits per heavy atom. The molecule has 1 unspecified atom stereocenters. The van der Waals surface area contributed by atoms with Gasteiger partial charge in [-0.05, 0) is 19.8 Å². The first kappa shape index (κ1) is 14.0. The van der Waals surface area contributed by atoms with Crippen molar-refractivity contribution in [2.75, 3.05) is 0 Å². The van der Waals surface area contributed by atoms with Crippen LogP contribution in [0.2, 0.25) is 0 Å². The van der Waals surface area contributed by atoms with E-state index < -0.39 is 0 Å². The molecule has 0 saturated heterocycles. The van der Waals surface area contributed by atoms with Gasteiger partial charge in [-0.2, -0.15) is 0 Å². The zero-order chi connectivity index (χ0) is 11.0. The summed E-state index contributed by atoms with van der Waals surface area (Å²) in [6, 6.07) is -0.319. The average Bonchev–Trinajstić information content (AvgIpc) is 2.16. The fourth-order valence-corrected chi connectivity index (χ4v) is 2.23. The molecule has 0 aliphatic heterocycles. The summed E-state index contributed by atoms with van der Waals surface area (Å²) >= 11 is 1.44. The SMILES string of the molecule is CCCCCC(CC)SC(=O)[C@H](C)N. The maximum absolute atomic E-state index is 11.4. The first-order valence-corrected chi connectivity index (χ1v) is 6.45. The minimum absolute atomic E-state index is 0.133. The number of rotatable bonds is 7. The molecular formula is C11H23NOS. The van der Waals surface area contributed by atoms with E-state index in [1.807, 2.05) is 0 Å². The van der Waals surface area contributed by atoms with Gasteiger partial charge in [-0.25, -0.2) is 0 Å². The van der Waals surface area contributed by atoms with Crippen LogP contribution in [-0.4, -0.2) is 16.4 Å². The van der Waals surface area contributed by atoms with Crippen molar-refractivity contribution in [2.24, 2.45) is 5.73 Å². The van der Waals surface area contributed by atoms with Crippen LogP contribution in [0.25, 0.3) is 0 Å². The molecule has 0 bridgehead atoms. The molecule has 0 amide bonds. The van der Waals surface area contributed by atoms with E-state index in [1.54, 1.807) is 6.92 Å². The summed E-state index contributed by atoms with van der Waals surface area (Å²) in [7, 11) is 0. The normalized spacial score (nSPS) is 15.1. The zero-order valence-corrected chi connectivity index (χ0v) is 10.4. The summed E-state index contributed by atoms with van der Waals surface area (Å²) in [6.45, 7) is 6.09. The Morgan fingerprint density at radius 2 is 2.00 bits per heavy atom. The van der Waals surface area contributed by atoms with Crippen molar-refractivity contribution in [3.63, 3.8) is 0 Å². The fourth-order valence-electron chi connectivity index (χ4n) is 1.24. The largest absolute Gasteiger partial charge is 0.321 e. The van der Waals surface area contributed by atoms with E-state index in [9.17, 15) is 4.79 Å². The lowest BCUT2D eigenvalue weighted by atomic mass is 10.1.